The van der Waals surface area contributed by atoms with Crippen molar-refractivity contribution in [2.45, 2.75) is 17.7 Å². The summed E-state index contributed by atoms with van der Waals surface area (Å²) in [5.41, 5.74) is 0.862. The number of sulfonamides is 1. The monoisotopic (exact) mass is 534 g/mol. The number of methoxy groups -OCH3 is 2. The maximum atomic E-state index is 14.3. The van der Waals surface area contributed by atoms with E-state index in [2.05, 4.69) is 5.32 Å². The van der Waals surface area contributed by atoms with Crippen LogP contribution in [0.1, 0.15) is 12.8 Å². The first-order valence-electron chi connectivity index (χ1n) is 11.6. The van der Waals surface area contributed by atoms with Crippen LogP contribution in [0.2, 0.25) is 0 Å². The van der Waals surface area contributed by atoms with E-state index in [1.807, 2.05) is 30.3 Å². The number of hydrogen-bond acceptors (Lipinski definition) is 6. The Labute approximate surface area is 220 Å². The summed E-state index contributed by atoms with van der Waals surface area (Å²) in [6, 6.07) is 24.2. The number of para-hydroxylation sites is 1. The molecule has 1 amide bonds. The van der Waals surface area contributed by atoms with Gasteiger partial charge < -0.3 is 19.9 Å². The minimum atomic E-state index is -4.32. The molecular weight excluding hydrogens is 508 g/mol. The van der Waals surface area contributed by atoms with Gasteiger partial charge in [-0.25, -0.2) is 12.7 Å². The molecule has 0 spiro atoms. The van der Waals surface area contributed by atoms with Crippen molar-refractivity contribution in [2.24, 2.45) is 0 Å². The number of hydrogen-bond donors (Lipinski definition) is 2. The molecule has 0 atom stereocenters. The zero-order chi connectivity index (χ0) is 27.3. The molecule has 0 bridgehead atoms. The number of aliphatic carboxylic acids is 1. The maximum absolute atomic E-state index is 14.3. The number of rotatable bonds is 10. The second-order valence-corrected chi connectivity index (χ2v) is 10.0. The third kappa shape index (κ3) is 5.55. The van der Waals surface area contributed by atoms with Crippen LogP contribution in [0.5, 0.6) is 11.5 Å². The van der Waals surface area contributed by atoms with E-state index < -0.39 is 21.9 Å². The van der Waals surface area contributed by atoms with E-state index in [0.29, 0.717) is 11.4 Å². The first-order chi connectivity index (χ1) is 18.2. The van der Waals surface area contributed by atoms with Crippen molar-refractivity contribution in [3.63, 3.8) is 0 Å². The van der Waals surface area contributed by atoms with Crippen molar-refractivity contribution in [1.82, 2.24) is 0 Å². The van der Waals surface area contributed by atoms with Gasteiger partial charge in [0, 0.05) is 12.5 Å². The van der Waals surface area contributed by atoms with Gasteiger partial charge in [0.25, 0.3) is 10.0 Å². The Morgan fingerprint density at radius 3 is 2.11 bits per heavy atom. The van der Waals surface area contributed by atoms with Gasteiger partial charge in [0.15, 0.2) is 0 Å². The Hall–Kier alpha value is -4.57. The zero-order valence-electron chi connectivity index (χ0n) is 20.7. The van der Waals surface area contributed by atoms with Crippen LogP contribution in [0, 0.1) is 0 Å². The van der Waals surface area contributed by atoms with E-state index in [0.717, 1.165) is 10.8 Å². The van der Waals surface area contributed by atoms with Gasteiger partial charge in [-0.3, -0.25) is 9.59 Å². The summed E-state index contributed by atoms with van der Waals surface area (Å²) in [7, 11) is -1.62. The summed E-state index contributed by atoms with van der Waals surface area (Å²) in [4.78, 5) is 23.0. The first-order valence-corrected chi connectivity index (χ1v) is 13.1. The van der Waals surface area contributed by atoms with Crippen LogP contribution in [0.25, 0.3) is 10.8 Å². The molecule has 0 radical (unpaired) electrons. The number of nitrogens with zero attached hydrogens (tertiary/aromatic N) is 1. The second-order valence-electron chi connectivity index (χ2n) is 8.28. The summed E-state index contributed by atoms with van der Waals surface area (Å²) < 4.78 is 40.6. The predicted octanol–water partition coefficient (Wildman–Crippen LogP) is 5.19. The van der Waals surface area contributed by atoms with Gasteiger partial charge in [-0.2, -0.15) is 0 Å². The molecule has 4 aromatic rings. The fourth-order valence-electron chi connectivity index (χ4n) is 3.99. The first kappa shape index (κ1) is 26.5. The van der Waals surface area contributed by atoms with Crippen molar-refractivity contribution >= 4 is 49.7 Å². The predicted molar refractivity (Wildman–Crippen MR) is 145 cm³/mol. The van der Waals surface area contributed by atoms with Gasteiger partial charge in [-0.1, -0.05) is 48.5 Å². The molecule has 4 aromatic carbocycles. The number of carboxylic acid groups (broad SMARTS) is 1. The quantitative estimate of drug-likeness (QED) is 0.287. The molecule has 2 N–H and O–H groups in total. The van der Waals surface area contributed by atoms with Crippen molar-refractivity contribution in [2.75, 3.05) is 23.8 Å². The number of nitrogens with one attached hydrogen (secondary N) is 1. The third-order valence-electron chi connectivity index (χ3n) is 5.80. The Kier molecular flexibility index (Phi) is 7.82. The number of carbonyl (C=O) groups excluding carboxylic acids is 1. The largest absolute Gasteiger partial charge is 0.495 e. The summed E-state index contributed by atoms with van der Waals surface area (Å²) >= 11 is 0. The molecule has 0 aliphatic carbocycles. The summed E-state index contributed by atoms with van der Waals surface area (Å²) in [6.45, 7) is 0. The lowest BCUT2D eigenvalue weighted by Crippen LogP contribution is -2.27. The number of carboxylic acids is 1. The molecule has 9 nitrogen and oxygen atoms in total. The molecule has 0 saturated heterocycles. The van der Waals surface area contributed by atoms with E-state index >= 15 is 0 Å². The van der Waals surface area contributed by atoms with Crippen LogP contribution in [0.15, 0.2) is 89.8 Å². The van der Waals surface area contributed by atoms with Crippen molar-refractivity contribution in [3.8, 4) is 11.5 Å². The lowest BCUT2D eigenvalue weighted by Gasteiger charge is -2.26. The fraction of sp³-hybridized carbons (Fsp3) is 0.143. The fourth-order valence-corrected chi connectivity index (χ4v) is 5.64. The van der Waals surface area contributed by atoms with Crippen LogP contribution in [0.4, 0.5) is 17.1 Å². The van der Waals surface area contributed by atoms with Crippen molar-refractivity contribution in [3.05, 3.63) is 84.9 Å². The highest BCUT2D eigenvalue weighted by Crippen LogP contribution is 2.41. The zero-order valence-corrected chi connectivity index (χ0v) is 21.6. The van der Waals surface area contributed by atoms with Crippen LogP contribution in [0.3, 0.4) is 0 Å². The van der Waals surface area contributed by atoms with E-state index in [1.165, 1.54) is 30.7 Å². The standard InChI is InChI=1S/C28H26N2O7S/c1-36-24-18-25(37-2)26(17-23(24)29-27(31)14-15-28(32)33)38(34,35)30(21-10-4-3-5-11-21)22-13-12-19-8-6-7-9-20(19)16-22/h3-13,16-18H,14-15H2,1-2H3,(H,29,31)(H,32,33). The number of carbonyl (C=O) groups is 2. The number of amides is 1. The van der Waals surface area contributed by atoms with E-state index in [-0.39, 0.29) is 34.9 Å². The Morgan fingerprint density at radius 2 is 1.45 bits per heavy atom. The summed E-state index contributed by atoms with van der Waals surface area (Å²) in [5, 5.41) is 13.3. The normalized spacial score (nSPS) is 11.1. The molecule has 0 unspecified atom stereocenters. The van der Waals surface area contributed by atoms with Gasteiger partial charge in [0.1, 0.15) is 16.4 Å². The van der Waals surface area contributed by atoms with Gasteiger partial charge in [-0.15, -0.1) is 0 Å². The Balaban J connectivity index is 1.87. The number of anilines is 3. The van der Waals surface area contributed by atoms with Crippen LogP contribution in [-0.2, 0) is 19.6 Å². The van der Waals surface area contributed by atoms with E-state index in [9.17, 15) is 18.0 Å². The summed E-state index contributed by atoms with van der Waals surface area (Å²) in [5.74, 6) is -1.57. The topological polar surface area (TPSA) is 122 Å². The summed E-state index contributed by atoms with van der Waals surface area (Å²) in [6.07, 6.45) is -0.668. The molecule has 0 fully saturated rings. The molecule has 0 aliphatic rings. The van der Waals surface area contributed by atoms with Gasteiger partial charge >= 0.3 is 5.97 Å². The smallest absolute Gasteiger partial charge is 0.303 e. The molecular formula is C28H26N2O7S. The average Bonchev–Trinajstić information content (AvgIpc) is 2.92. The van der Waals surface area contributed by atoms with Crippen LogP contribution < -0.4 is 19.1 Å². The lowest BCUT2D eigenvalue weighted by molar-refractivity contribution is -0.138. The van der Waals surface area contributed by atoms with Gasteiger partial charge in [0.2, 0.25) is 5.91 Å². The molecule has 196 valence electrons. The molecule has 0 aromatic heterocycles. The number of fused-ring (bicyclic) bond motifs is 1. The minimum absolute atomic E-state index is 0.00658. The van der Waals surface area contributed by atoms with E-state index in [4.69, 9.17) is 14.6 Å². The molecule has 10 heteroatoms. The number of benzene rings is 4. The average molecular weight is 535 g/mol. The maximum Gasteiger partial charge on any atom is 0.303 e. The van der Waals surface area contributed by atoms with Crippen molar-refractivity contribution < 1.29 is 32.6 Å². The second kappa shape index (κ2) is 11.2. The highest BCUT2D eigenvalue weighted by molar-refractivity contribution is 7.93. The molecule has 38 heavy (non-hydrogen) atoms. The van der Waals surface area contributed by atoms with Gasteiger partial charge in [0.05, 0.1) is 37.7 Å². The molecule has 0 saturated carbocycles. The third-order valence-corrected chi connectivity index (χ3v) is 7.58. The van der Waals surface area contributed by atoms with E-state index in [1.54, 1.807) is 42.5 Å². The van der Waals surface area contributed by atoms with Crippen LogP contribution in [-0.4, -0.2) is 39.6 Å². The highest BCUT2D eigenvalue weighted by Gasteiger charge is 2.31. The highest BCUT2D eigenvalue weighted by atomic mass is 32.2. The molecule has 0 heterocycles. The SMILES string of the molecule is COc1cc(OC)c(S(=O)(=O)N(c2ccccc2)c2ccc3ccccc3c2)cc1NC(=O)CCC(=O)O. The lowest BCUT2D eigenvalue weighted by atomic mass is 10.1. The molecule has 0 aliphatic heterocycles. The van der Waals surface area contributed by atoms with Crippen molar-refractivity contribution in [1.29, 1.82) is 0 Å². The van der Waals surface area contributed by atoms with Gasteiger partial charge in [-0.05, 0) is 41.1 Å². The Morgan fingerprint density at radius 1 is 0.789 bits per heavy atom. The number of ether oxygens (including phenoxy) is 2. The Bertz CT molecular complexity index is 1590. The molecule has 4 rings (SSSR count). The minimum Gasteiger partial charge on any atom is -0.495 e. The van der Waals surface area contributed by atoms with Crippen LogP contribution >= 0.6 is 0 Å².